The quantitative estimate of drug-likeness (QED) is 0.808. The van der Waals surface area contributed by atoms with Gasteiger partial charge >= 0.3 is 5.97 Å². The van der Waals surface area contributed by atoms with E-state index in [0.29, 0.717) is 12.2 Å². The second-order valence-electron chi connectivity index (χ2n) is 3.81. The lowest BCUT2D eigenvalue weighted by Crippen LogP contribution is -2.39. The highest BCUT2D eigenvalue weighted by atomic mass is 16.5. The fraction of sp³-hybridized carbons (Fsp3) is 0.385. The second-order valence-corrected chi connectivity index (χ2v) is 3.81. The van der Waals surface area contributed by atoms with E-state index in [-0.39, 0.29) is 5.91 Å². The van der Waals surface area contributed by atoms with Gasteiger partial charge in [0, 0.05) is 5.56 Å². The van der Waals surface area contributed by atoms with Crippen molar-refractivity contribution in [2.75, 3.05) is 6.61 Å². The van der Waals surface area contributed by atoms with Crippen molar-refractivity contribution in [2.45, 2.75) is 26.8 Å². The Morgan fingerprint density at radius 3 is 2.41 bits per heavy atom. The Morgan fingerprint density at radius 2 is 1.88 bits per heavy atom. The van der Waals surface area contributed by atoms with E-state index < -0.39 is 12.0 Å². The molecule has 0 fully saturated rings. The minimum absolute atomic E-state index is 0.273. The third kappa shape index (κ3) is 3.90. The Kier molecular flexibility index (Phi) is 4.69. The molecule has 0 aliphatic rings. The van der Waals surface area contributed by atoms with Crippen molar-refractivity contribution >= 4 is 11.9 Å². The number of hydrogen-bond donors (Lipinski definition) is 1. The van der Waals surface area contributed by atoms with Gasteiger partial charge in [0.15, 0.2) is 0 Å². The van der Waals surface area contributed by atoms with E-state index in [1.165, 1.54) is 0 Å². The van der Waals surface area contributed by atoms with Gasteiger partial charge in [0.1, 0.15) is 6.04 Å². The maximum absolute atomic E-state index is 11.8. The Morgan fingerprint density at radius 1 is 1.29 bits per heavy atom. The van der Waals surface area contributed by atoms with Crippen LogP contribution < -0.4 is 5.32 Å². The first kappa shape index (κ1) is 13.2. The molecule has 0 radical (unpaired) electrons. The molecule has 92 valence electrons. The van der Waals surface area contributed by atoms with Gasteiger partial charge in [-0.25, -0.2) is 4.79 Å². The third-order valence-corrected chi connectivity index (χ3v) is 2.30. The zero-order valence-corrected chi connectivity index (χ0v) is 10.3. The molecule has 4 nitrogen and oxygen atoms in total. The van der Waals surface area contributed by atoms with Gasteiger partial charge in [-0.2, -0.15) is 0 Å². The van der Waals surface area contributed by atoms with Crippen LogP contribution in [0, 0.1) is 6.92 Å². The summed E-state index contributed by atoms with van der Waals surface area (Å²) in [5.74, 6) is -0.696. The molecule has 0 aliphatic carbocycles. The topological polar surface area (TPSA) is 55.4 Å². The number of esters is 1. The summed E-state index contributed by atoms with van der Waals surface area (Å²) in [6.45, 7) is 5.59. The van der Waals surface area contributed by atoms with Gasteiger partial charge in [0.2, 0.25) is 0 Å². The predicted octanol–water partition coefficient (Wildman–Crippen LogP) is 1.68. The maximum atomic E-state index is 11.8. The molecule has 1 unspecified atom stereocenters. The second kappa shape index (κ2) is 6.03. The van der Waals surface area contributed by atoms with Crippen LogP contribution in [0.4, 0.5) is 0 Å². The van der Waals surface area contributed by atoms with Gasteiger partial charge < -0.3 is 10.1 Å². The number of amides is 1. The average Bonchev–Trinajstić information content (AvgIpc) is 2.30. The molecule has 1 aromatic rings. The van der Waals surface area contributed by atoms with Crippen molar-refractivity contribution in [1.82, 2.24) is 5.32 Å². The maximum Gasteiger partial charge on any atom is 0.328 e. The van der Waals surface area contributed by atoms with Crippen LogP contribution in [0.2, 0.25) is 0 Å². The van der Waals surface area contributed by atoms with Crippen LogP contribution in [-0.4, -0.2) is 24.5 Å². The molecule has 17 heavy (non-hydrogen) atoms. The van der Waals surface area contributed by atoms with Crippen LogP contribution in [0.3, 0.4) is 0 Å². The minimum Gasteiger partial charge on any atom is -0.464 e. The summed E-state index contributed by atoms with van der Waals surface area (Å²) in [5.41, 5.74) is 1.62. The molecule has 0 saturated carbocycles. The molecule has 1 atom stereocenters. The van der Waals surface area contributed by atoms with Crippen LogP contribution in [-0.2, 0) is 9.53 Å². The van der Waals surface area contributed by atoms with Crippen molar-refractivity contribution in [3.05, 3.63) is 35.4 Å². The van der Waals surface area contributed by atoms with Gasteiger partial charge in [-0.15, -0.1) is 0 Å². The number of hydrogen-bond acceptors (Lipinski definition) is 3. The number of carbonyl (C=O) groups is 2. The first-order chi connectivity index (χ1) is 8.04. The van der Waals surface area contributed by atoms with Crippen LogP contribution >= 0.6 is 0 Å². The molecule has 1 rings (SSSR count). The lowest BCUT2D eigenvalue weighted by atomic mass is 10.1. The number of nitrogens with one attached hydrogen (secondary N) is 1. The SMILES string of the molecule is CCOC(=O)C(C)NC(=O)c1ccc(C)cc1. The lowest BCUT2D eigenvalue weighted by molar-refractivity contribution is -0.144. The fourth-order valence-corrected chi connectivity index (χ4v) is 1.31. The Hall–Kier alpha value is -1.84. The standard InChI is InChI=1S/C13H17NO3/c1-4-17-13(16)10(3)14-12(15)11-7-5-9(2)6-8-11/h5-8,10H,4H2,1-3H3,(H,14,15). The van der Waals surface area contributed by atoms with Crippen molar-refractivity contribution < 1.29 is 14.3 Å². The van der Waals surface area contributed by atoms with Crippen LogP contribution in [0.5, 0.6) is 0 Å². The summed E-state index contributed by atoms with van der Waals surface area (Å²) in [6.07, 6.45) is 0. The van der Waals surface area contributed by atoms with Gasteiger partial charge in [-0.3, -0.25) is 4.79 Å². The van der Waals surface area contributed by atoms with Gasteiger partial charge in [0.05, 0.1) is 6.61 Å². The highest BCUT2D eigenvalue weighted by molar-refractivity contribution is 5.96. The molecule has 0 heterocycles. The summed E-state index contributed by atoms with van der Waals surface area (Å²) in [4.78, 5) is 23.1. The molecule has 1 N–H and O–H groups in total. The third-order valence-electron chi connectivity index (χ3n) is 2.30. The van der Waals surface area contributed by atoms with Gasteiger partial charge in [-0.05, 0) is 32.9 Å². The van der Waals surface area contributed by atoms with Gasteiger partial charge in [0.25, 0.3) is 5.91 Å². The van der Waals surface area contributed by atoms with E-state index in [4.69, 9.17) is 4.74 Å². The summed E-state index contributed by atoms with van der Waals surface area (Å²) < 4.78 is 4.81. The minimum atomic E-state index is -0.635. The van der Waals surface area contributed by atoms with Crippen molar-refractivity contribution in [1.29, 1.82) is 0 Å². The summed E-state index contributed by atoms with van der Waals surface area (Å²) in [7, 11) is 0. The Labute approximate surface area is 101 Å². The number of ether oxygens (including phenoxy) is 1. The first-order valence-electron chi connectivity index (χ1n) is 5.58. The Bertz CT molecular complexity index is 398. The highest BCUT2D eigenvalue weighted by Crippen LogP contribution is 2.03. The van der Waals surface area contributed by atoms with Crippen molar-refractivity contribution in [3.63, 3.8) is 0 Å². The average molecular weight is 235 g/mol. The summed E-state index contributed by atoms with van der Waals surface area (Å²) >= 11 is 0. The predicted molar refractivity (Wildman–Crippen MR) is 64.7 cm³/mol. The normalized spacial score (nSPS) is 11.7. The smallest absolute Gasteiger partial charge is 0.328 e. The lowest BCUT2D eigenvalue weighted by Gasteiger charge is -2.12. The molecule has 0 aliphatic heterocycles. The number of carbonyl (C=O) groups excluding carboxylic acids is 2. The molecule has 0 spiro atoms. The molecular formula is C13H17NO3. The monoisotopic (exact) mass is 235 g/mol. The van der Waals surface area contributed by atoms with E-state index in [0.717, 1.165) is 5.56 Å². The summed E-state index contributed by atoms with van der Waals surface area (Å²) in [5, 5.41) is 2.59. The van der Waals surface area contributed by atoms with Crippen LogP contribution in [0.15, 0.2) is 24.3 Å². The van der Waals surface area contributed by atoms with E-state index in [1.54, 1.807) is 26.0 Å². The fourth-order valence-electron chi connectivity index (χ4n) is 1.31. The summed E-state index contributed by atoms with van der Waals surface area (Å²) in [6, 6.07) is 6.52. The first-order valence-corrected chi connectivity index (χ1v) is 5.58. The van der Waals surface area contributed by atoms with Crippen LogP contribution in [0.25, 0.3) is 0 Å². The van der Waals surface area contributed by atoms with E-state index in [9.17, 15) is 9.59 Å². The molecule has 1 amide bonds. The van der Waals surface area contributed by atoms with E-state index >= 15 is 0 Å². The largest absolute Gasteiger partial charge is 0.464 e. The molecule has 1 aromatic carbocycles. The number of benzene rings is 1. The number of aryl methyl sites for hydroxylation is 1. The molecular weight excluding hydrogens is 218 g/mol. The zero-order valence-electron chi connectivity index (χ0n) is 10.3. The zero-order chi connectivity index (χ0) is 12.8. The molecule has 0 saturated heterocycles. The van der Waals surface area contributed by atoms with Crippen LogP contribution in [0.1, 0.15) is 29.8 Å². The van der Waals surface area contributed by atoms with E-state index in [2.05, 4.69) is 5.32 Å². The molecule has 0 aromatic heterocycles. The van der Waals surface area contributed by atoms with Crippen molar-refractivity contribution in [2.24, 2.45) is 0 Å². The molecule has 0 bridgehead atoms. The van der Waals surface area contributed by atoms with Gasteiger partial charge in [-0.1, -0.05) is 17.7 Å². The highest BCUT2D eigenvalue weighted by Gasteiger charge is 2.17. The number of rotatable bonds is 4. The Balaban J connectivity index is 2.60. The van der Waals surface area contributed by atoms with Crippen molar-refractivity contribution in [3.8, 4) is 0 Å². The van der Waals surface area contributed by atoms with E-state index in [1.807, 2.05) is 19.1 Å². The molecule has 4 heteroatoms.